The number of nitrogens with one attached hydrogen (secondary N) is 1. The molecule has 0 saturated carbocycles. The van der Waals surface area contributed by atoms with Gasteiger partial charge in [0.25, 0.3) is 5.91 Å². The van der Waals surface area contributed by atoms with Crippen LogP contribution in [-0.2, 0) is 27.4 Å². The highest BCUT2D eigenvalue weighted by molar-refractivity contribution is 6.05. The topological polar surface area (TPSA) is 136 Å². The zero-order chi connectivity index (χ0) is 32.0. The Balaban J connectivity index is 1.40. The lowest BCUT2D eigenvalue weighted by Crippen LogP contribution is -2.52. The van der Waals surface area contributed by atoms with Crippen molar-refractivity contribution in [2.45, 2.75) is 64.7 Å². The number of benzene rings is 2. The summed E-state index contributed by atoms with van der Waals surface area (Å²) in [4.78, 5) is 52.0. The van der Waals surface area contributed by atoms with E-state index in [2.05, 4.69) is 20.4 Å². The number of imide groups is 1. The minimum Gasteiger partial charge on any atom is -0.443 e. The summed E-state index contributed by atoms with van der Waals surface area (Å²) in [6.45, 7) is 4.89. The van der Waals surface area contributed by atoms with Gasteiger partial charge in [0.05, 0.1) is 18.4 Å². The molecule has 1 N–H and O–H groups in total. The number of hydrogen-bond donors (Lipinski definition) is 1. The lowest BCUT2D eigenvalue weighted by molar-refractivity contribution is -0.274. The Morgan fingerprint density at radius 2 is 1.86 bits per heavy atom. The normalized spacial score (nSPS) is 16.9. The fourth-order valence-electron chi connectivity index (χ4n) is 4.86. The van der Waals surface area contributed by atoms with Crippen LogP contribution in [0.1, 0.15) is 55.1 Å². The molecule has 2 aromatic carbocycles. The van der Waals surface area contributed by atoms with Crippen molar-refractivity contribution in [3.8, 4) is 5.75 Å². The van der Waals surface area contributed by atoms with Crippen LogP contribution in [0.25, 0.3) is 0 Å². The van der Waals surface area contributed by atoms with Gasteiger partial charge in [-0.15, -0.1) is 18.3 Å². The van der Waals surface area contributed by atoms with Crippen LogP contribution in [0.15, 0.2) is 42.6 Å². The first-order valence-electron chi connectivity index (χ1n) is 13.3. The molecule has 0 aliphatic carbocycles. The van der Waals surface area contributed by atoms with E-state index in [1.807, 2.05) is 0 Å². The lowest BCUT2D eigenvalue weighted by atomic mass is 10.0. The number of nitrogens with zero attached hydrogens (tertiary/aromatic N) is 5. The van der Waals surface area contributed by atoms with Gasteiger partial charge in [0.15, 0.2) is 5.82 Å². The number of rotatable bonds is 6. The van der Waals surface area contributed by atoms with Gasteiger partial charge in [-0.05, 0) is 56.5 Å². The maximum Gasteiger partial charge on any atom is 0.573 e. The Labute approximate surface area is 247 Å². The predicted octanol–water partition coefficient (Wildman–Crippen LogP) is 4.20. The average Bonchev–Trinajstić information content (AvgIpc) is 3.48. The molecule has 1 fully saturated rings. The molecule has 12 nitrogen and oxygen atoms in total. The number of amides is 4. The molecule has 3 heterocycles. The van der Waals surface area contributed by atoms with Crippen LogP contribution in [-0.4, -0.2) is 61.7 Å². The van der Waals surface area contributed by atoms with Crippen molar-refractivity contribution in [2.24, 2.45) is 0 Å². The van der Waals surface area contributed by atoms with Crippen molar-refractivity contribution >= 4 is 35.3 Å². The molecular weight excluding hydrogens is 592 g/mol. The third-order valence-corrected chi connectivity index (χ3v) is 6.66. The van der Waals surface area contributed by atoms with Gasteiger partial charge >= 0.3 is 12.5 Å². The van der Waals surface area contributed by atoms with E-state index < -0.39 is 47.3 Å². The summed E-state index contributed by atoms with van der Waals surface area (Å²) < 4.78 is 64.0. The van der Waals surface area contributed by atoms with E-state index in [4.69, 9.17) is 4.74 Å². The third kappa shape index (κ3) is 6.63. The summed E-state index contributed by atoms with van der Waals surface area (Å²) >= 11 is 0. The van der Waals surface area contributed by atoms with Gasteiger partial charge in [-0.1, -0.05) is 17.3 Å². The van der Waals surface area contributed by atoms with Gasteiger partial charge in [0, 0.05) is 24.6 Å². The molecule has 16 heteroatoms. The van der Waals surface area contributed by atoms with E-state index in [0.29, 0.717) is 33.7 Å². The molecule has 0 radical (unpaired) electrons. The number of alkyl halides is 3. The molecule has 4 amide bonds. The third-order valence-electron chi connectivity index (χ3n) is 6.66. The fourth-order valence-corrected chi connectivity index (χ4v) is 4.86. The van der Waals surface area contributed by atoms with E-state index in [1.54, 1.807) is 39.0 Å². The number of carbonyl (C=O) groups is 4. The van der Waals surface area contributed by atoms with Crippen LogP contribution >= 0.6 is 0 Å². The quantitative estimate of drug-likeness (QED) is 0.321. The number of carbonyl (C=O) groups excluding carboxylic acids is 4. The average molecular weight is 619 g/mol. The molecule has 1 atom stereocenters. The molecule has 0 bridgehead atoms. The Hall–Kier alpha value is -5.02. The number of piperidine rings is 1. The minimum atomic E-state index is -5.06. The summed E-state index contributed by atoms with van der Waals surface area (Å²) in [7, 11) is 0. The summed E-state index contributed by atoms with van der Waals surface area (Å²) in [6.07, 6.45) is -4.57. The van der Waals surface area contributed by atoms with Gasteiger partial charge < -0.3 is 14.4 Å². The van der Waals surface area contributed by atoms with Crippen LogP contribution in [0.4, 0.5) is 33.9 Å². The van der Waals surface area contributed by atoms with Crippen molar-refractivity contribution in [1.29, 1.82) is 0 Å². The first-order chi connectivity index (χ1) is 20.6. The number of anilines is 2. The Morgan fingerprint density at radius 1 is 1.11 bits per heavy atom. The Kier molecular flexibility index (Phi) is 7.77. The second kappa shape index (κ2) is 11.2. The van der Waals surface area contributed by atoms with Crippen LogP contribution in [0.5, 0.6) is 5.75 Å². The van der Waals surface area contributed by atoms with E-state index in [9.17, 15) is 36.7 Å². The van der Waals surface area contributed by atoms with Crippen molar-refractivity contribution in [2.75, 3.05) is 4.90 Å². The monoisotopic (exact) mass is 618 g/mol. The second-order valence-corrected chi connectivity index (χ2v) is 11.1. The van der Waals surface area contributed by atoms with E-state index >= 15 is 0 Å². The number of halogens is 4. The molecule has 44 heavy (non-hydrogen) atoms. The van der Waals surface area contributed by atoms with Gasteiger partial charge in [-0.25, -0.2) is 18.8 Å². The van der Waals surface area contributed by atoms with Crippen LogP contribution < -0.4 is 15.0 Å². The SMILES string of the molecule is CC(C)(C)OC(=O)N(c1cn(Cc2ccc3c(c2)CN(C2CCC(=O)NC2=O)C3=O)nn1)c1cc(OC(F)(F)F)ccc1F. The van der Waals surface area contributed by atoms with Crippen molar-refractivity contribution in [3.05, 3.63) is 65.1 Å². The maximum absolute atomic E-state index is 14.9. The summed E-state index contributed by atoms with van der Waals surface area (Å²) in [5, 5.41) is 10.2. The predicted molar refractivity (Wildman–Crippen MR) is 143 cm³/mol. The van der Waals surface area contributed by atoms with E-state index in [0.717, 1.165) is 6.07 Å². The smallest absolute Gasteiger partial charge is 0.443 e. The molecule has 3 aromatic rings. The minimum absolute atomic E-state index is 0.0781. The highest BCUT2D eigenvalue weighted by Crippen LogP contribution is 2.34. The number of hydrogen-bond acceptors (Lipinski definition) is 8. The molecule has 5 rings (SSSR count). The Morgan fingerprint density at radius 3 is 2.55 bits per heavy atom. The molecule has 1 aromatic heterocycles. The zero-order valence-corrected chi connectivity index (χ0v) is 23.6. The second-order valence-electron chi connectivity index (χ2n) is 11.1. The molecular formula is C28H26F4N6O6. The van der Waals surface area contributed by atoms with Crippen LogP contribution in [0.2, 0.25) is 0 Å². The Bertz CT molecular complexity index is 1650. The van der Waals surface area contributed by atoms with Crippen molar-refractivity contribution in [3.63, 3.8) is 0 Å². The fraction of sp³-hybridized carbons (Fsp3) is 0.357. The molecule has 2 aliphatic rings. The molecule has 1 unspecified atom stereocenters. The number of ether oxygens (including phenoxy) is 2. The molecule has 2 aliphatic heterocycles. The van der Waals surface area contributed by atoms with Crippen LogP contribution in [0.3, 0.4) is 0 Å². The molecule has 1 saturated heterocycles. The maximum atomic E-state index is 14.9. The number of fused-ring (bicyclic) bond motifs is 1. The summed E-state index contributed by atoms with van der Waals surface area (Å²) in [5.41, 5.74) is 0.0545. The largest absolute Gasteiger partial charge is 0.573 e. The van der Waals surface area contributed by atoms with E-state index in [-0.39, 0.29) is 43.6 Å². The van der Waals surface area contributed by atoms with E-state index in [1.165, 1.54) is 15.8 Å². The van der Waals surface area contributed by atoms with Crippen molar-refractivity contribution in [1.82, 2.24) is 25.2 Å². The first kappa shape index (κ1) is 30.4. The van der Waals surface area contributed by atoms with Gasteiger partial charge in [-0.2, -0.15) is 0 Å². The standard InChI is InChI=1S/C28H26F4N6O6/c1-27(2,3)44-26(42)38(21-11-17(5-7-19(21)29)43-28(30,31)32)22-14-36(35-34-22)12-15-4-6-18-16(10-15)13-37(25(18)41)20-8-9-23(39)33-24(20)40/h4-7,10-11,14,20H,8-9,12-13H2,1-3H3,(H,33,39,40). The molecule has 232 valence electrons. The van der Waals surface area contributed by atoms with Crippen LogP contribution in [0, 0.1) is 5.82 Å². The number of aromatic nitrogens is 3. The van der Waals surface area contributed by atoms with Gasteiger partial charge in [0.2, 0.25) is 11.8 Å². The lowest BCUT2D eigenvalue weighted by Gasteiger charge is -2.29. The van der Waals surface area contributed by atoms with Gasteiger partial charge in [-0.3, -0.25) is 19.7 Å². The molecule has 0 spiro atoms. The zero-order valence-electron chi connectivity index (χ0n) is 23.6. The summed E-state index contributed by atoms with van der Waals surface area (Å²) in [5.74, 6) is -3.32. The summed E-state index contributed by atoms with van der Waals surface area (Å²) in [6, 6.07) is 6.40. The highest BCUT2D eigenvalue weighted by Gasteiger charge is 2.39. The first-order valence-corrected chi connectivity index (χ1v) is 13.3. The highest BCUT2D eigenvalue weighted by atomic mass is 19.4. The van der Waals surface area contributed by atoms with Gasteiger partial charge in [0.1, 0.15) is 23.2 Å². The van der Waals surface area contributed by atoms with Crippen molar-refractivity contribution < 1.29 is 46.2 Å².